The monoisotopic (exact) mass is 486 g/mol. The second-order valence-electron chi connectivity index (χ2n) is 11.5. The van der Waals surface area contributed by atoms with Gasteiger partial charge in [-0.05, 0) is 90.4 Å². The summed E-state index contributed by atoms with van der Waals surface area (Å²) in [6, 6.07) is 15.3. The Morgan fingerprint density at radius 3 is 2.58 bits per heavy atom. The van der Waals surface area contributed by atoms with Crippen LogP contribution in [0, 0.1) is 12.3 Å². The molecule has 186 valence electrons. The van der Waals surface area contributed by atoms with Gasteiger partial charge in [-0.2, -0.15) is 5.10 Å². The Morgan fingerprint density at radius 1 is 1.08 bits per heavy atom. The highest BCUT2D eigenvalue weighted by Crippen LogP contribution is 2.60. The van der Waals surface area contributed by atoms with Gasteiger partial charge in [-0.3, -0.25) is 10.00 Å². The van der Waals surface area contributed by atoms with Gasteiger partial charge in [-0.25, -0.2) is 8.78 Å². The fourth-order valence-electron chi connectivity index (χ4n) is 7.00. The number of fused-ring (bicyclic) bond motifs is 1. The van der Waals surface area contributed by atoms with Gasteiger partial charge in [0.05, 0.1) is 5.69 Å². The molecule has 2 aromatic heterocycles. The van der Waals surface area contributed by atoms with Crippen LogP contribution in [0.15, 0.2) is 54.9 Å². The van der Waals surface area contributed by atoms with Crippen molar-refractivity contribution in [3.63, 3.8) is 0 Å². The molecule has 2 N–H and O–H groups in total. The summed E-state index contributed by atoms with van der Waals surface area (Å²) in [6.07, 6.45) is 8.06. The number of benzene rings is 2. The smallest absolute Gasteiger partial charge is 0.249 e. The van der Waals surface area contributed by atoms with E-state index in [-0.39, 0.29) is 24.3 Å². The van der Waals surface area contributed by atoms with E-state index < -0.39 is 5.92 Å². The Bertz CT molecular complexity index is 1390. The quantitative estimate of drug-likeness (QED) is 0.307. The van der Waals surface area contributed by atoms with Gasteiger partial charge in [0, 0.05) is 48.7 Å². The molecule has 1 aliphatic heterocycles. The van der Waals surface area contributed by atoms with Gasteiger partial charge < -0.3 is 4.98 Å². The number of aromatic nitrogens is 3. The first-order chi connectivity index (χ1) is 17.4. The number of aromatic amines is 2. The summed E-state index contributed by atoms with van der Waals surface area (Å²) in [6.45, 7) is 3.91. The Morgan fingerprint density at radius 2 is 1.89 bits per heavy atom. The maximum absolute atomic E-state index is 14.1. The first-order valence-electron chi connectivity index (χ1n) is 13.2. The van der Waals surface area contributed by atoms with Crippen molar-refractivity contribution in [2.24, 2.45) is 5.41 Å². The summed E-state index contributed by atoms with van der Waals surface area (Å²) < 4.78 is 28.1. The number of H-pyrrole nitrogens is 2. The molecule has 36 heavy (non-hydrogen) atoms. The summed E-state index contributed by atoms with van der Waals surface area (Å²) >= 11 is 0. The number of nitrogens with zero attached hydrogens (tertiary/aromatic N) is 2. The van der Waals surface area contributed by atoms with E-state index in [1.165, 1.54) is 46.0 Å². The highest BCUT2D eigenvalue weighted by Gasteiger charge is 2.58. The van der Waals surface area contributed by atoms with Crippen LogP contribution < -0.4 is 0 Å². The average Bonchev–Trinajstić information content (AvgIpc) is 3.31. The maximum atomic E-state index is 14.1. The number of nitrogens with one attached hydrogen (secondary N) is 2. The van der Waals surface area contributed by atoms with E-state index in [1.54, 1.807) is 6.20 Å². The summed E-state index contributed by atoms with van der Waals surface area (Å²) in [4.78, 5) is 6.01. The van der Waals surface area contributed by atoms with Crippen molar-refractivity contribution in [1.82, 2.24) is 20.1 Å². The van der Waals surface area contributed by atoms with Gasteiger partial charge in [0.25, 0.3) is 0 Å². The molecule has 0 radical (unpaired) electrons. The van der Waals surface area contributed by atoms with Crippen LogP contribution in [0.2, 0.25) is 0 Å². The minimum Gasteiger partial charge on any atom is -0.361 e. The molecule has 7 rings (SSSR count). The summed E-state index contributed by atoms with van der Waals surface area (Å²) in [5, 5.41) is 8.42. The maximum Gasteiger partial charge on any atom is 0.249 e. The second-order valence-corrected chi connectivity index (χ2v) is 11.5. The predicted octanol–water partition coefficient (Wildman–Crippen LogP) is 7.50. The van der Waals surface area contributed by atoms with E-state index >= 15 is 0 Å². The molecule has 3 aliphatic rings. The minimum atomic E-state index is -2.50. The number of alkyl halides is 2. The first-order valence-corrected chi connectivity index (χ1v) is 13.2. The lowest BCUT2D eigenvalue weighted by atomic mass is 9.59. The van der Waals surface area contributed by atoms with Gasteiger partial charge in [-0.15, -0.1) is 0 Å². The molecule has 2 aromatic carbocycles. The van der Waals surface area contributed by atoms with E-state index in [9.17, 15) is 8.78 Å². The number of hydrogen-bond donors (Lipinski definition) is 2. The van der Waals surface area contributed by atoms with Crippen LogP contribution in [0.1, 0.15) is 72.7 Å². The van der Waals surface area contributed by atoms with Crippen molar-refractivity contribution in [2.45, 2.75) is 69.9 Å². The predicted molar refractivity (Wildman–Crippen MR) is 138 cm³/mol. The summed E-state index contributed by atoms with van der Waals surface area (Å²) in [5.74, 6) is -1.84. The third-order valence-electron chi connectivity index (χ3n) is 8.94. The molecule has 0 bridgehead atoms. The molecule has 1 atom stereocenters. The zero-order valence-corrected chi connectivity index (χ0v) is 20.7. The van der Waals surface area contributed by atoms with Gasteiger partial charge in [0.1, 0.15) is 0 Å². The molecular formula is C30H32F2N4. The van der Waals surface area contributed by atoms with E-state index in [2.05, 4.69) is 63.4 Å². The highest BCUT2D eigenvalue weighted by atomic mass is 19.3. The van der Waals surface area contributed by atoms with Gasteiger partial charge in [0.2, 0.25) is 5.92 Å². The summed E-state index contributed by atoms with van der Waals surface area (Å²) in [5.41, 5.74) is 8.51. The van der Waals surface area contributed by atoms with Crippen molar-refractivity contribution in [3.8, 4) is 11.3 Å². The number of piperidine rings is 1. The third-order valence-corrected chi connectivity index (χ3v) is 8.94. The van der Waals surface area contributed by atoms with Crippen LogP contribution in [-0.4, -0.2) is 32.5 Å². The Kier molecular flexibility index (Phi) is 4.94. The molecule has 2 saturated carbocycles. The number of hydrogen-bond acceptors (Lipinski definition) is 2. The topological polar surface area (TPSA) is 47.7 Å². The van der Waals surface area contributed by atoms with Gasteiger partial charge in [0.15, 0.2) is 0 Å². The van der Waals surface area contributed by atoms with Crippen molar-refractivity contribution in [2.75, 3.05) is 6.54 Å². The first kappa shape index (κ1) is 22.2. The average molecular weight is 487 g/mol. The number of likely N-dealkylation sites (tertiary alicyclic amines) is 1. The van der Waals surface area contributed by atoms with Gasteiger partial charge >= 0.3 is 0 Å². The fourth-order valence-corrected chi connectivity index (χ4v) is 7.00. The molecule has 4 nitrogen and oxygen atoms in total. The van der Waals surface area contributed by atoms with E-state index in [0.29, 0.717) is 5.92 Å². The molecular weight excluding hydrogens is 454 g/mol. The normalized spacial score (nSPS) is 23.2. The number of halogens is 2. The van der Waals surface area contributed by atoms with Crippen LogP contribution in [0.3, 0.4) is 0 Å². The highest BCUT2D eigenvalue weighted by molar-refractivity contribution is 5.87. The van der Waals surface area contributed by atoms with Crippen molar-refractivity contribution < 1.29 is 8.78 Å². The molecule has 6 heteroatoms. The Hall–Kier alpha value is -2.99. The van der Waals surface area contributed by atoms with Gasteiger partial charge in [-0.1, -0.05) is 30.3 Å². The largest absolute Gasteiger partial charge is 0.361 e. The molecule has 1 saturated heterocycles. The lowest BCUT2D eigenvalue weighted by Gasteiger charge is -2.54. The Labute approximate surface area is 210 Å². The van der Waals surface area contributed by atoms with E-state index in [4.69, 9.17) is 0 Å². The standard InChI is InChI=1S/C30H32F2N4/c1-19-14-24(20-2-3-20)25(23-8-11-33-28(19)23)16-36-13-10-29(17-30(31,32)18-29)15-27(36)22-6-4-21(5-7-22)26-9-12-34-35-26/h4-9,11-12,14,20,27,33H,2-3,10,13,15-18H2,1H3,(H,34,35)/t27-/m1/s1. The van der Waals surface area contributed by atoms with Crippen LogP contribution in [-0.2, 0) is 6.54 Å². The van der Waals surface area contributed by atoms with E-state index in [0.717, 1.165) is 37.2 Å². The van der Waals surface area contributed by atoms with Crippen LogP contribution >= 0.6 is 0 Å². The van der Waals surface area contributed by atoms with Crippen molar-refractivity contribution in [1.29, 1.82) is 0 Å². The van der Waals surface area contributed by atoms with Crippen LogP contribution in [0.5, 0.6) is 0 Å². The lowest BCUT2D eigenvalue weighted by Crippen LogP contribution is -2.53. The Balaban J connectivity index is 1.25. The molecule has 0 unspecified atom stereocenters. The second kappa shape index (κ2) is 8.01. The molecule has 2 aliphatic carbocycles. The lowest BCUT2D eigenvalue weighted by molar-refractivity contribution is -0.186. The number of rotatable bonds is 5. The van der Waals surface area contributed by atoms with Crippen LogP contribution in [0.25, 0.3) is 22.2 Å². The SMILES string of the molecule is Cc1cc(C2CC2)c(CN2CCC3(C[C@@H]2c2ccc(-c4ccn[nH]4)cc2)CC(F)(F)C3)c2cc[nH]c12. The van der Waals surface area contributed by atoms with E-state index in [1.807, 2.05) is 12.3 Å². The number of aryl methyl sites for hydroxylation is 1. The molecule has 0 amide bonds. The zero-order valence-electron chi connectivity index (χ0n) is 20.7. The molecule has 4 aromatic rings. The fraction of sp³-hybridized carbons (Fsp3) is 0.433. The molecule has 3 fully saturated rings. The van der Waals surface area contributed by atoms with Crippen molar-refractivity contribution in [3.05, 3.63) is 77.1 Å². The third kappa shape index (κ3) is 3.78. The molecule has 1 spiro atoms. The van der Waals surface area contributed by atoms with Crippen molar-refractivity contribution >= 4 is 10.9 Å². The summed E-state index contributed by atoms with van der Waals surface area (Å²) in [7, 11) is 0. The minimum absolute atomic E-state index is 0.0382. The van der Waals surface area contributed by atoms with Crippen LogP contribution in [0.4, 0.5) is 8.78 Å². The zero-order chi connectivity index (χ0) is 24.5. The molecule has 3 heterocycles.